The highest BCUT2D eigenvalue weighted by atomic mass is 16.3. The van der Waals surface area contributed by atoms with Crippen LogP contribution in [-0.2, 0) is 11.2 Å². The van der Waals surface area contributed by atoms with E-state index >= 15 is 0 Å². The Balaban J connectivity index is 2.86. The van der Waals surface area contributed by atoms with Gasteiger partial charge in [-0.3, -0.25) is 4.79 Å². The molecule has 1 atom stereocenters. The van der Waals surface area contributed by atoms with E-state index in [9.17, 15) is 9.90 Å². The predicted octanol–water partition coefficient (Wildman–Crippen LogP) is 2.04. The zero-order valence-electron chi connectivity index (χ0n) is 13.1. The predicted molar refractivity (Wildman–Crippen MR) is 81.7 cm³/mol. The van der Waals surface area contributed by atoms with Gasteiger partial charge in [-0.05, 0) is 57.7 Å². The number of phenols is 1. The van der Waals surface area contributed by atoms with Crippen LogP contribution >= 0.6 is 0 Å². The Morgan fingerprint density at radius 1 is 1.30 bits per heavy atom. The fourth-order valence-corrected chi connectivity index (χ4v) is 2.20. The van der Waals surface area contributed by atoms with Crippen molar-refractivity contribution >= 4 is 5.91 Å². The summed E-state index contributed by atoms with van der Waals surface area (Å²) in [5.74, 6) is 0.0399. The molecular formula is C16H26N2O2. The second-order valence-corrected chi connectivity index (χ2v) is 6.45. The first kappa shape index (κ1) is 16.5. The van der Waals surface area contributed by atoms with Gasteiger partial charge < -0.3 is 16.2 Å². The number of amides is 1. The molecule has 0 aromatic heterocycles. The van der Waals surface area contributed by atoms with Crippen LogP contribution in [0.3, 0.4) is 0 Å². The van der Waals surface area contributed by atoms with Crippen LogP contribution in [0.5, 0.6) is 5.75 Å². The number of hydrogen-bond acceptors (Lipinski definition) is 3. The molecule has 0 heterocycles. The number of phenolic OH excluding ortho intramolecular Hbond substituents is 1. The van der Waals surface area contributed by atoms with E-state index in [4.69, 9.17) is 5.73 Å². The van der Waals surface area contributed by atoms with Gasteiger partial charge in [0.2, 0.25) is 5.91 Å². The molecule has 20 heavy (non-hydrogen) atoms. The molecule has 0 aliphatic carbocycles. The highest BCUT2D eigenvalue weighted by Crippen LogP contribution is 2.24. The minimum Gasteiger partial charge on any atom is -0.507 e. The SMILES string of the molecule is Cc1cc(CC(CN)C(=O)NC(C)(C)C)cc(C)c1O. The zero-order chi connectivity index (χ0) is 15.5. The van der Waals surface area contributed by atoms with Gasteiger partial charge in [0.15, 0.2) is 0 Å². The number of aryl methyl sites for hydroxylation is 2. The Hall–Kier alpha value is -1.55. The summed E-state index contributed by atoms with van der Waals surface area (Å²) >= 11 is 0. The molecule has 4 N–H and O–H groups in total. The number of carbonyl (C=O) groups is 1. The number of nitrogens with one attached hydrogen (secondary N) is 1. The number of hydrogen-bond donors (Lipinski definition) is 3. The van der Waals surface area contributed by atoms with Crippen LogP contribution in [0.2, 0.25) is 0 Å². The van der Waals surface area contributed by atoms with Gasteiger partial charge in [0.1, 0.15) is 5.75 Å². The van der Waals surface area contributed by atoms with Crippen molar-refractivity contribution < 1.29 is 9.90 Å². The van der Waals surface area contributed by atoms with Crippen molar-refractivity contribution in [2.45, 2.75) is 46.6 Å². The van der Waals surface area contributed by atoms with Crippen LogP contribution in [0.1, 0.15) is 37.5 Å². The molecule has 1 amide bonds. The van der Waals surface area contributed by atoms with E-state index in [-0.39, 0.29) is 17.4 Å². The molecule has 0 aliphatic rings. The van der Waals surface area contributed by atoms with Gasteiger partial charge in [-0.2, -0.15) is 0 Å². The minimum atomic E-state index is -0.259. The average Bonchev–Trinajstić information content (AvgIpc) is 2.30. The van der Waals surface area contributed by atoms with Crippen LogP contribution in [0, 0.1) is 19.8 Å². The molecule has 1 aromatic carbocycles. The lowest BCUT2D eigenvalue weighted by Gasteiger charge is -2.24. The molecule has 0 bridgehead atoms. The normalized spacial score (nSPS) is 13.1. The van der Waals surface area contributed by atoms with Gasteiger partial charge in [0.05, 0.1) is 5.92 Å². The van der Waals surface area contributed by atoms with E-state index in [1.807, 2.05) is 46.8 Å². The first-order valence-electron chi connectivity index (χ1n) is 6.95. The summed E-state index contributed by atoms with van der Waals surface area (Å²) in [6, 6.07) is 3.82. The lowest BCUT2D eigenvalue weighted by atomic mass is 9.94. The van der Waals surface area contributed by atoms with Crippen molar-refractivity contribution in [3.63, 3.8) is 0 Å². The third-order valence-corrected chi connectivity index (χ3v) is 3.19. The van der Waals surface area contributed by atoms with E-state index in [0.717, 1.165) is 16.7 Å². The van der Waals surface area contributed by atoms with Crippen LogP contribution in [-0.4, -0.2) is 23.1 Å². The fourth-order valence-electron chi connectivity index (χ4n) is 2.20. The summed E-state index contributed by atoms with van der Waals surface area (Å²) in [5.41, 5.74) is 8.15. The van der Waals surface area contributed by atoms with Crippen LogP contribution in [0.25, 0.3) is 0 Å². The molecule has 112 valence electrons. The van der Waals surface area contributed by atoms with Gasteiger partial charge in [0, 0.05) is 12.1 Å². The van der Waals surface area contributed by atoms with Gasteiger partial charge in [-0.1, -0.05) is 12.1 Å². The first-order chi connectivity index (χ1) is 9.14. The zero-order valence-corrected chi connectivity index (χ0v) is 13.1. The Morgan fingerprint density at radius 3 is 2.20 bits per heavy atom. The summed E-state index contributed by atoms with van der Waals surface area (Å²) in [6.07, 6.45) is 0.584. The van der Waals surface area contributed by atoms with Crippen LogP contribution in [0.15, 0.2) is 12.1 Å². The molecule has 0 fully saturated rings. The average molecular weight is 278 g/mol. The number of aromatic hydroxyl groups is 1. The Bertz CT molecular complexity index is 467. The topological polar surface area (TPSA) is 75.4 Å². The van der Waals surface area contributed by atoms with E-state index < -0.39 is 0 Å². The Labute approximate surface area is 121 Å². The van der Waals surface area contributed by atoms with E-state index in [1.165, 1.54) is 0 Å². The number of nitrogens with two attached hydrogens (primary N) is 1. The second-order valence-electron chi connectivity index (χ2n) is 6.45. The summed E-state index contributed by atoms with van der Waals surface area (Å²) in [6.45, 7) is 9.88. The van der Waals surface area contributed by atoms with Crippen molar-refractivity contribution in [3.8, 4) is 5.75 Å². The van der Waals surface area contributed by atoms with Gasteiger partial charge in [-0.15, -0.1) is 0 Å². The standard InChI is InChI=1S/C16H26N2O2/c1-10-6-12(7-11(2)14(10)19)8-13(9-17)15(20)18-16(3,4)5/h6-7,13,19H,8-9,17H2,1-5H3,(H,18,20). The third-order valence-electron chi connectivity index (χ3n) is 3.19. The maximum absolute atomic E-state index is 12.2. The van der Waals surface area contributed by atoms with Crippen molar-refractivity contribution in [2.75, 3.05) is 6.54 Å². The molecule has 1 aromatic rings. The van der Waals surface area contributed by atoms with E-state index in [0.29, 0.717) is 18.7 Å². The lowest BCUT2D eigenvalue weighted by Crippen LogP contribution is -2.46. The molecular weight excluding hydrogens is 252 g/mol. The largest absolute Gasteiger partial charge is 0.507 e. The second kappa shape index (κ2) is 6.27. The molecule has 0 aliphatic heterocycles. The maximum atomic E-state index is 12.2. The molecule has 4 heteroatoms. The molecule has 0 saturated heterocycles. The smallest absolute Gasteiger partial charge is 0.225 e. The third kappa shape index (κ3) is 4.53. The minimum absolute atomic E-state index is 0.0246. The summed E-state index contributed by atoms with van der Waals surface area (Å²) < 4.78 is 0. The summed E-state index contributed by atoms with van der Waals surface area (Å²) in [4.78, 5) is 12.2. The van der Waals surface area contributed by atoms with Crippen LogP contribution in [0.4, 0.5) is 0 Å². The molecule has 1 rings (SSSR count). The lowest BCUT2D eigenvalue weighted by molar-refractivity contribution is -0.126. The molecule has 0 radical (unpaired) electrons. The van der Waals surface area contributed by atoms with Crippen molar-refractivity contribution in [1.82, 2.24) is 5.32 Å². The van der Waals surface area contributed by atoms with Crippen molar-refractivity contribution in [3.05, 3.63) is 28.8 Å². The highest BCUT2D eigenvalue weighted by molar-refractivity contribution is 5.79. The monoisotopic (exact) mass is 278 g/mol. The van der Waals surface area contributed by atoms with E-state index in [1.54, 1.807) is 0 Å². The Kier molecular flexibility index (Phi) is 5.17. The van der Waals surface area contributed by atoms with Crippen LogP contribution < -0.4 is 11.1 Å². The summed E-state index contributed by atoms with van der Waals surface area (Å²) in [7, 11) is 0. The maximum Gasteiger partial charge on any atom is 0.225 e. The van der Waals surface area contributed by atoms with Crippen molar-refractivity contribution in [1.29, 1.82) is 0 Å². The molecule has 1 unspecified atom stereocenters. The van der Waals surface area contributed by atoms with E-state index in [2.05, 4.69) is 5.32 Å². The molecule has 4 nitrogen and oxygen atoms in total. The number of benzene rings is 1. The molecule has 0 saturated carbocycles. The Morgan fingerprint density at radius 2 is 1.80 bits per heavy atom. The first-order valence-corrected chi connectivity index (χ1v) is 6.95. The number of carbonyl (C=O) groups excluding carboxylic acids is 1. The van der Waals surface area contributed by atoms with Crippen molar-refractivity contribution in [2.24, 2.45) is 11.7 Å². The van der Waals surface area contributed by atoms with Gasteiger partial charge in [0.25, 0.3) is 0 Å². The quantitative estimate of drug-likeness (QED) is 0.789. The molecule has 0 spiro atoms. The fraction of sp³-hybridized carbons (Fsp3) is 0.562. The van der Waals surface area contributed by atoms with Gasteiger partial charge in [-0.25, -0.2) is 0 Å². The highest BCUT2D eigenvalue weighted by Gasteiger charge is 2.22. The van der Waals surface area contributed by atoms with Gasteiger partial charge >= 0.3 is 0 Å². The number of rotatable bonds is 4. The summed E-state index contributed by atoms with van der Waals surface area (Å²) in [5, 5.41) is 12.7.